The van der Waals surface area contributed by atoms with Gasteiger partial charge in [0.1, 0.15) is 29.5 Å². The van der Waals surface area contributed by atoms with Crippen LogP contribution in [0.3, 0.4) is 0 Å². The van der Waals surface area contributed by atoms with Gasteiger partial charge in [-0.3, -0.25) is 24.6 Å². The lowest BCUT2D eigenvalue weighted by Gasteiger charge is -2.46. The molecule has 254 valence electrons. The Bertz CT molecular complexity index is 1970. The molecule has 0 spiro atoms. The van der Waals surface area contributed by atoms with E-state index in [2.05, 4.69) is 5.32 Å². The summed E-state index contributed by atoms with van der Waals surface area (Å²) in [6, 6.07) is 17.8. The number of esters is 1. The topological polar surface area (TPSA) is 206 Å². The van der Waals surface area contributed by atoms with Crippen LogP contribution < -0.4 is 10.1 Å². The number of rotatable bonds is 14. The molecule has 2 amide bonds. The first-order valence-corrected chi connectivity index (χ1v) is 18.6. The van der Waals surface area contributed by atoms with Gasteiger partial charge in [-0.1, -0.05) is 36.4 Å². The van der Waals surface area contributed by atoms with Crippen LogP contribution in [0.2, 0.25) is 0 Å². The highest BCUT2D eigenvalue weighted by Crippen LogP contribution is 2.41. The zero-order chi connectivity index (χ0) is 35.2. The third kappa shape index (κ3) is 8.90. The maximum absolute atomic E-state index is 13.6. The lowest BCUT2D eigenvalue weighted by Crippen LogP contribution is -2.70. The van der Waals surface area contributed by atoms with E-state index >= 15 is 0 Å². The summed E-state index contributed by atoms with van der Waals surface area (Å²) in [7, 11) is -8.29. The van der Waals surface area contributed by atoms with E-state index in [1.807, 2.05) is 0 Å². The standard InChI is InChI=1S/C30H29N3O12S3/c1-19-9-7-8-12-24(19)48(41,42)46-29-26(31-25(34)18-43-23-10-5-4-6-11-23)28(35)32(29)27(20(2)45-47(3,39)40)30(36)44-17-21-13-15-22(16-14-21)33(37)38/h4-16,26,29H,17-18H2,1-3H3,(H,31,34)/b27-20+/t26-,29-/m1/s1. The SMILES string of the molecule is C/C(OS(C)(=O)=O)=C(/C(=O)OCc1ccc([N+](=O)[O-])cc1)N1C(=O)[C@@H](NC(=O)COc2ccccc2)[C@H]1SS(=O)(=O)c1ccccc1C. The molecule has 0 radical (unpaired) electrons. The smallest absolute Gasteiger partial charge is 0.359 e. The maximum atomic E-state index is 13.6. The summed E-state index contributed by atoms with van der Waals surface area (Å²) in [6.07, 6.45) is 0.693. The number of carbonyl (C=O) groups is 3. The molecular formula is C30H29N3O12S3. The van der Waals surface area contributed by atoms with Crippen molar-refractivity contribution < 1.29 is 49.8 Å². The predicted octanol–water partition coefficient (Wildman–Crippen LogP) is 3.01. The Hall–Kier alpha value is -4.94. The van der Waals surface area contributed by atoms with Crippen molar-refractivity contribution in [3.63, 3.8) is 0 Å². The Labute approximate surface area is 279 Å². The Morgan fingerprint density at radius 2 is 1.60 bits per heavy atom. The molecule has 1 aliphatic rings. The molecule has 1 N–H and O–H groups in total. The number of nitro benzene ring substituents is 1. The fourth-order valence-corrected chi connectivity index (χ4v) is 8.88. The number of β-lactam (4-membered cyclic amide) rings is 1. The number of allylic oxidation sites excluding steroid dienone is 1. The fourth-order valence-electron chi connectivity index (χ4n) is 4.44. The molecule has 1 aliphatic heterocycles. The first-order chi connectivity index (χ1) is 22.6. The molecular weight excluding hydrogens is 691 g/mol. The van der Waals surface area contributed by atoms with Gasteiger partial charge < -0.3 is 19.0 Å². The number of para-hydroxylation sites is 1. The summed E-state index contributed by atoms with van der Waals surface area (Å²) < 4.78 is 67.0. The number of non-ortho nitro benzene ring substituents is 1. The second-order valence-corrected chi connectivity index (χ2v) is 15.7. The molecule has 3 aromatic carbocycles. The maximum Gasteiger partial charge on any atom is 0.359 e. The number of nitrogens with one attached hydrogen (secondary N) is 1. The van der Waals surface area contributed by atoms with E-state index in [1.165, 1.54) is 36.4 Å². The Kier molecular flexibility index (Phi) is 11.1. The number of amides is 2. The third-order valence-electron chi connectivity index (χ3n) is 6.62. The molecule has 48 heavy (non-hydrogen) atoms. The van der Waals surface area contributed by atoms with Crippen LogP contribution in [0.5, 0.6) is 5.75 Å². The van der Waals surface area contributed by atoms with Gasteiger partial charge in [0.25, 0.3) is 17.5 Å². The van der Waals surface area contributed by atoms with Crippen molar-refractivity contribution in [3.05, 3.63) is 112 Å². The third-order valence-corrected chi connectivity index (χ3v) is 11.0. The van der Waals surface area contributed by atoms with Crippen molar-refractivity contribution in [1.29, 1.82) is 0 Å². The number of nitro groups is 1. The number of carbonyl (C=O) groups excluding carboxylic acids is 3. The second-order valence-electron chi connectivity index (χ2n) is 10.3. The van der Waals surface area contributed by atoms with Gasteiger partial charge in [-0.15, -0.1) is 0 Å². The average Bonchev–Trinajstić information content (AvgIpc) is 3.03. The predicted molar refractivity (Wildman–Crippen MR) is 172 cm³/mol. The molecule has 0 saturated carbocycles. The van der Waals surface area contributed by atoms with E-state index in [0.29, 0.717) is 28.0 Å². The minimum absolute atomic E-state index is 0.0952. The largest absolute Gasteiger partial charge is 0.484 e. The fraction of sp³-hybridized carbons (Fsp3) is 0.233. The van der Waals surface area contributed by atoms with Gasteiger partial charge in [0.2, 0.25) is 8.87 Å². The number of hydrogen-bond donors (Lipinski definition) is 1. The number of hydrogen-bond acceptors (Lipinski definition) is 13. The molecule has 15 nitrogen and oxygen atoms in total. The monoisotopic (exact) mass is 719 g/mol. The number of nitrogens with zero attached hydrogens (tertiary/aromatic N) is 2. The van der Waals surface area contributed by atoms with Crippen molar-refractivity contribution in [2.75, 3.05) is 12.9 Å². The highest BCUT2D eigenvalue weighted by molar-refractivity contribution is 8.72. The summed E-state index contributed by atoms with van der Waals surface area (Å²) in [5.41, 5.74) is -0.266. The van der Waals surface area contributed by atoms with Crippen LogP contribution in [0, 0.1) is 17.0 Å². The number of benzene rings is 3. The van der Waals surface area contributed by atoms with E-state index in [9.17, 15) is 41.3 Å². The quantitative estimate of drug-likeness (QED) is 0.0372. The van der Waals surface area contributed by atoms with Gasteiger partial charge in [0.05, 0.1) is 16.1 Å². The molecule has 18 heteroatoms. The van der Waals surface area contributed by atoms with Crippen molar-refractivity contribution in [2.24, 2.45) is 0 Å². The molecule has 1 fully saturated rings. The van der Waals surface area contributed by atoms with Crippen molar-refractivity contribution >= 4 is 53.3 Å². The number of aryl methyl sites for hydroxylation is 1. The molecule has 2 atom stereocenters. The first kappa shape index (κ1) is 35.9. The van der Waals surface area contributed by atoms with E-state index in [-0.39, 0.29) is 21.4 Å². The van der Waals surface area contributed by atoms with E-state index in [4.69, 9.17) is 13.7 Å². The normalized spacial score (nSPS) is 16.6. The van der Waals surface area contributed by atoms with Crippen LogP contribution in [0.1, 0.15) is 18.1 Å². The zero-order valence-electron chi connectivity index (χ0n) is 25.6. The van der Waals surface area contributed by atoms with Gasteiger partial charge in [-0.2, -0.15) is 8.42 Å². The van der Waals surface area contributed by atoms with Crippen LogP contribution in [0.4, 0.5) is 5.69 Å². The molecule has 0 bridgehead atoms. The molecule has 0 unspecified atom stereocenters. The van der Waals surface area contributed by atoms with Gasteiger partial charge in [0, 0.05) is 22.9 Å². The van der Waals surface area contributed by atoms with E-state index < -0.39 is 77.8 Å². The van der Waals surface area contributed by atoms with E-state index in [0.717, 1.165) is 6.92 Å². The molecule has 1 heterocycles. The zero-order valence-corrected chi connectivity index (χ0v) is 28.0. The summed E-state index contributed by atoms with van der Waals surface area (Å²) in [5, 5.41) is 11.9. The summed E-state index contributed by atoms with van der Waals surface area (Å²) >= 11 is 0. The minimum Gasteiger partial charge on any atom is -0.484 e. The van der Waals surface area contributed by atoms with Crippen LogP contribution in [-0.2, 0) is 48.9 Å². The molecule has 4 rings (SSSR count). The molecule has 3 aromatic rings. The van der Waals surface area contributed by atoms with Gasteiger partial charge >= 0.3 is 16.1 Å². The number of likely N-dealkylation sites (tertiary alicyclic amines) is 1. The van der Waals surface area contributed by atoms with Crippen LogP contribution >= 0.6 is 10.8 Å². The molecule has 0 aromatic heterocycles. The molecule has 0 aliphatic carbocycles. The van der Waals surface area contributed by atoms with Crippen molar-refractivity contribution in [1.82, 2.24) is 10.2 Å². The average molecular weight is 720 g/mol. The summed E-state index contributed by atoms with van der Waals surface area (Å²) in [4.78, 5) is 50.9. The molecule has 1 saturated heterocycles. The second kappa shape index (κ2) is 14.9. The van der Waals surface area contributed by atoms with Gasteiger partial charge in [-0.05, 0) is 55.3 Å². The minimum atomic E-state index is -4.27. The van der Waals surface area contributed by atoms with Crippen LogP contribution in [0.25, 0.3) is 0 Å². The Balaban J connectivity index is 1.67. The van der Waals surface area contributed by atoms with Crippen LogP contribution in [0.15, 0.2) is 95.2 Å². The lowest BCUT2D eigenvalue weighted by molar-refractivity contribution is -0.384. The van der Waals surface area contributed by atoms with Gasteiger partial charge in [-0.25, -0.2) is 13.2 Å². The summed E-state index contributed by atoms with van der Waals surface area (Å²) in [5.74, 6) is -3.29. The Morgan fingerprint density at radius 3 is 2.21 bits per heavy atom. The Morgan fingerprint density at radius 1 is 0.979 bits per heavy atom. The van der Waals surface area contributed by atoms with Gasteiger partial charge in [0.15, 0.2) is 12.3 Å². The van der Waals surface area contributed by atoms with Crippen LogP contribution in [-0.4, -0.2) is 68.7 Å². The van der Waals surface area contributed by atoms with Crippen molar-refractivity contribution in [3.8, 4) is 5.75 Å². The number of ether oxygens (including phenoxy) is 2. The lowest BCUT2D eigenvalue weighted by atomic mass is 10.1. The van der Waals surface area contributed by atoms with Crippen molar-refractivity contribution in [2.45, 2.75) is 36.8 Å². The summed E-state index contributed by atoms with van der Waals surface area (Å²) in [6.45, 7) is 1.62. The first-order valence-electron chi connectivity index (χ1n) is 13.9. The highest BCUT2D eigenvalue weighted by Gasteiger charge is 2.55. The highest BCUT2D eigenvalue weighted by atomic mass is 33.1. The van der Waals surface area contributed by atoms with E-state index in [1.54, 1.807) is 49.4 Å².